The van der Waals surface area contributed by atoms with E-state index in [1.165, 1.54) is 18.5 Å². The molecular weight excluding hydrogens is 409 g/mol. The van der Waals surface area contributed by atoms with Crippen LogP contribution in [0.3, 0.4) is 0 Å². The molecule has 3 aromatic heterocycles. The summed E-state index contributed by atoms with van der Waals surface area (Å²) in [4.78, 5) is 16.1. The Morgan fingerprint density at radius 3 is 2.70 bits per heavy atom. The summed E-state index contributed by atoms with van der Waals surface area (Å²) in [6.45, 7) is 2.01. The number of para-hydroxylation sites is 1. The number of fused-ring (bicyclic) bond motifs is 1. The molecule has 0 saturated carbocycles. The van der Waals surface area contributed by atoms with Gasteiger partial charge in [-0.3, -0.25) is 4.79 Å². The molecule has 3 heterocycles. The topological polar surface area (TPSA) is 95.1 Å². The number of aryl methyl sites for hydroxylation is 1. The van der Waals surface area contributed by atoms with Crippen LogP contribution in [-0.2, 0) is 27.6 Å². The van der Waals surface area contributed by atoms with Crippen LogP contribution in [0.25, 0.3) is 10.9 Å². The SMILES string of the molecule is Cc1cc(CC(=O)CS(=O)(=O)c2cn(Cc3ccc(F)nc3)c3ccccc23)no1. The second-order valence-corrected chi connectivity index (χ2v) is 8.99. The molecule has 4 aromatic rings. The summed E-state index contributed by atoms with van der Waals surface area (Å²) in [5.74, 6) is -1.13. The van der Waals surface area contributed by atoms with E-state index in [2.05, 4.69) is 10.1 Å². The Balaban J connectivity index is 1.64. The number of rotatable bonds is 7. The van der Waals surface area contributed by atoms with Crippen molar-refractivity contribution in [3.63, 3.8) is 0 Å². The van der Waals surface area contributed by atoms with E-state index >= 15 is 0 Å². The Kier molecular flexibility index (Phi) is 5.21. The molecular formula is C21H18FN3O4S. The van der Waals surface area contributed by atoms with Gasteiger partial charge in [-0.25, -0.2) is 13.4 Å². The minimum atomic E-state index is -3.88. The molecule has 0 aliphatic carbocycles. The first-order valence-corrected chi connectivity index (χ1v) is 10.8. The number of ketones is 1. The zero-order valence-corrected chi connectivity index (χ0v) is 16.9. The molecule has 1 aromatic carbocycles. The van der Waals surface area contributed by atoms with Gasteiger partial charge in [0.1, 0.15) is 11.5 Å². The molecule has 0 bridgehead atoms. The first-order chi connectivity index (χ1) is 14.3. The zero-order chi connectivity index (χ0) is 21.3. The summed E-state index contributed by atoms with van der Waals surface area (Å²) in [5.41, 5.74) is 1.82. The van der Waals surface area contributed by atoms with Gasteiger partial charge in [-0.05, 0) is 24.6 Å². The van der Waals surface area contributed by atoms with E-state index in [1.807, 2.05) is 0 Å². The third kappa shape index (κ3) is 4.16. The van der Waals surface area contributed by atoms with Gasteiger partial charge in [-0.2, -0.15) is 4.39 Å². The maximum atomic E-state index is 13.1. The van der Waals surface area contributed by atoms with Gasteiger partial charge in [0.15, 0.2) is 15.6 Å². The van der Waals surface area contributed by atoms with Crippen LogP contribution in [0.2, 0.25) is 0 Å². The van der Waals surface area contributed by atoms with E-state index in [-0.39, 0.29) is 11.3 Å². The number of aromatic nitrogens is 3. The summed E-state index contributed by atoms with van der Waals surface area (Å²) in [6, 6.07) is 11.5. The Hall–Kier alpha value is -3.33. The molecule has 30 heavy (non-hydrogen) atoms. The Morgan fingerprint density at radius 2 is 2.00 bits per heavy atom. The van der Waals surface area contributed by atoms with E-state index in [0.717, 1.165) is 5.56 Å². The van der Waals surface area contributed by atoms with E-state index in [4.69, 9.17) is 4.52 Å². The van der Waals surface area contributed by atoms with Crippen LogP contribution < -0.4 is 0 Å². The van der Waals surface area contributed by atoms with Crippen molar-refractivity contribution in [3.05, 3.63) is 77.8 Å². The number of sulfone groups is 1. The number of hydrogen-bond donors (Lipinski definition) is 0. The highest BCUT2D eigenvalue weighted by atomic mass is 32.2. The first kappa shape index (κ1) is 20.0. The van der Waals surface area contributed by atoms with Crippen LogP contribution >= 0.6 is 0 Å². The fourth-order valence-corrected chi connectivity index (χ4v) is 4.81. The van der Waals surface area contributed by atoms with Gasteiger partial charge in [0.2, 0.25) is 5.95 Å². The largest absolute Gasteiger partial charge is 0.361 e. The Labute approximate surface area is 172 Å². The molecule has 0 spiro atoms. The number of carbonyl (C=O) groups excluding carboxylic acids is 1. The average Bonchev–Trinajstić information content (AvgIpc) is 3.27. The highest BCUT2D eigenvalue weighted by Gasteiger charge is 2.25. The molecule has 0 atom stereocenters. The van der Waals surface area contributed by atoms with E-state index in [1.54, 1.807) is 47.9 Å². The number of halogens is 1. The molecule has 0 aliphatic heterocycles. The molecule has 9 heteroatoms. The average molecular weight is 427 g/mol. The van der Waals surface area contributed by atoms with Gasteiger partial charge in [0.05, 0.1) is 17.0 Å². The summed E-state index contributed by atoms with van der Waals surface area (Å²) in [5, 5.41) is 4.26. The monoisotopic (exact) mass is 427 g/mol. The van der Waals surface area contributed by atoms with Crippen molar-refractivity contribution in [1.29, 1.82) is 0 Å². The number of pyridine rings is 1. The van der Waals surface area contributed by atoms with Gasteiger partial charge < -0.3 is 9.09 Å². The maximum Gasteiger partial charge on any atom is 0.212 e. The van der Waals surface area contributed by atoms with Gasteiger partial charge in [-0.1, -0.05) is 29.4 Å². The van der Waals surface area contributed by atoms with Gasteiger partial charge in [0, 0.05) is 35.9 Å². The molecule has 0 N–H and O–H groups in total. The zero-order valence-electron chi connectivity index (χ0n) is 16.1. The minimum Gasteiger partial charge on any atom is -0.361 e. The van der Waals surface area contributed by atoms with Crippen molar-refractivity contribution in [2.45, 2.75) is 24.8 Å². The molecule has 0 saturated heterocycles. The summed E-state index contributed by atoms with van der Waals surface area (Å²) < 4.78 is 45.8. The number of Topliss-reactive ketones (excluding diaryl/α,β-unsaturated/α-hetero) is 1. The van der Waals surface area contributed by atoms with Gasteiger partial charge in [-0.15, -0.1) is 0 Å². The van der Waals surface area contributed by atoms with Crippen LogP contribution in [-0.4, -0.2) is 34.7 Å². The van der Waals surface area contributed by atoms with Crippen LogP contribution in [0.1, 0.15) is 17.0 Å². The lowest BCUT2D eigenvalue weighted by molar-refractivity contribution is -0.116. The predicted octanol–water partition coefficient (Wildman–Crippen LogP) is 3.11. The summed E-state index contributed by atoms with van der Waals surface area (Å²) >= 11 is 0. The first-order valence-electron chi connectivity index (χ1n) is 9.17. The fraction of sp³-hybridized carbons (Fsp3) is 0.190. The van der Waals surface area contributed by atoms with Crippen molar-refractivity contribution in [1.82, 2.24) is 14.7 Å². The minimum absolute atomic E-state index is 0.0813. The standard InChI is InChI=1S/C21H18FN3O4S/c1-14-8-16(24-29-14)9-17(26)13-30(27,28)20-12-25(19-5-3-2-4-18(19)20)11-15-6-7-21(22)23-10-15/h2-8,10,12H,9,11,13H2,1H3. The van der Waals surface area contributed by atoms with Crippen molar-refractivity contribution in [2.24, 2.45) is 0 Å². The smallest absolute Gasteiger partial charge is 0.212 e. The van der Waals surface area contributed by atoms with Crippen LogP contribution in [0, 0.1) is 12.9 Å². The molecule has 0 unspecified atom stereocenters. The van der Waals surface area contributed by atoms with Crippen molar-refractivity contribution >= 4 is 26.5 Å². The lowest BCUT2D eigenvalue weighted by Crippen LogP contribution is -2.18. The van der Waals surface area contributed by atoms with Crippen LogP contribution in [0.15, 0.2) is 64.3 Å². The van der Waals surface area contributed by atoms with Crippen molar-refractivity contribution < 1.29 is 22.1 Å². The summed E-state index contributed by atoms with van der Waals surface area (Å²) in [6.07, 6.45) is 2.80. The predicted molar refractivity (Wildman–Crippen MR) is 107 cm³/mol. The molecule has 4 rings (SSSR count). The highest BCUT2D eigenvalue weighted by molar-refractivity contribution is 7.92. The summed E-state index contributed by atoms with van der Waals surface area (Å²) in [7, 11) is -3.88. The molecule has 154 valence electrons. The lowest BCUT2D eigenvalue weighted by Gasteiger charge is -2.04. The van der Waals surface area contributed by atoms with E-state index in [9.17, 15) is 17.6 Å². The molecule has 0 radical (unpaired) electrons. The third-order valence-corrected chi connectivity index (χ3v) is 6.33. The fourth-order valence-electron chi connectivity index (χ4n) is 3.33. The molecule has 0 amide bonds. The van der Waals surface area contributed by atoms with Crippen LogP contribution in [0.5, 0.6) is 0 Å². The maximum absolute atomic E-state index is 13.1. The van der Waals surface area contributed by atoms with Crippen molar-refractivity contribution in [3.8, 4) is 0 Å². The number of benzene rings is 1. The number of nitrogens with zero attached hydrogens (tertiary/aromatic N) is 3. The van der Waals surface area contributed by atoms with E-state index in [0.29, 0.717) is 28.9 Å². The molecule has 7 nitrogen and oxygen atoms in total. The number of hydrogen-bond acceptors (Lipinski definition) is 6. The normalized spacial score (nSPS) is 11.8. The lowest BCUT2D eigenvalue weighted by atomic mass is 10.2. The Bertz CT molecular complexity index is 1320. The van der Waals surface area contributed by atoms with Gasteiger partial charge >= 0.3 is 0 Å². The molecule has 0 fully saturated rings. The second kappa shape index (κ2) is 7.83. The van der Waals surface area contributed by atoms with E-state index < -0.39 is 27.3 Å². The quantitative estimate of drug-likeness (QED) is 0.421. The van der Waals surface area contributed by atoms with Crippen molar-refractivity contribution in [2.75, 3.05) is 5.75 Å². The number of carbonyl (C=O) groups is 1. The molecule has 0 aliphatic rings. The Morgan fingerprint density at radius 1 is 1.20 bits per heavy atom. The van der Waals surface area contributed by atoms with Gasteiger partial charge in [0.25, 0.3) is 0 Å². The third-order valence-electron chi connectivity index (χ3n) is 4.63. The second-order valence-electron chi connectivity index (χ2n) is 7.03. The highest BCUT2D eigenvalue weighted by Crippen LogP contribution is 2.27. The van der Waals surface area contributed by atoms with Crippen LogP contribution in [0.4, 0.5) is 4.39 Å².